The molecule has 0 saturated carbocycles. The molecule has 2 atom stereocenters. The molecule has 2 aliphatic heterocycles. The number of rotatable bonds is 6. The molecule has 1 N–H and O–H groups in total. The molecule has 4 rings (SSSR count). The molecule has 39 heavy (non-hydrogen) atoms. The third kappa shape index (κ3) is 9.57. The monoisotopic (exact) mass is 582 g/mol. The highest BCUT2D eigenvalue weighted by molar-refractivity contribution is 7.87. The van der Waals surface area contributed by atoms with Crippen molar-refractivity contribution in [1.29, 1.82) is 0 Å². The van der Waals surface area contributed by atoms with Crippen LogP contribution < -0.4 is 5.32 Å². The molecular weight excluding hydrogens is 544 g/mol. The number of likely N-dealkylation sites (tertiary alicyclic amines) is 1. The number of aryl methyl sites for hydroxylation is 2. The van der Waals surface area contributed by atoms with Gasteiger partial charge in [0.15, 0.2) is 0 Å². The lowest BCUT2D eigenvalue weighted by atomic mass is 10.2. The zero-order valence-electron chi connectivity index (χ0n) is 23.0. The predicted molar refractivity (Wildman–Crippen MR) is 146 cm³/mol. The molecule has 216 valence electrons. The average Bonchev–Trinajstić information content (AvgIpc) is 3.51. The average molecular weight is 583 g/mol. The van der Waals surface area contributed by atoms with Crippen molar-refractivity contribution in [2.45, 2.75) is 75.1 Å². The first-order valence-electron chi connectivity index (χ1n) is 12.8. The summed E-state index contributed by atoms with van der Waals surface area (Å²) in [7, 11) is -7.42. The van der Waals surface area contributed by atoms with Crippen LogP contribution in [0.25, 0.3) is 0 Å². The second-order valence-electron chi connectivity index (χ2n) is 10.7. The largest absolute Gasteiger partial charge is 0.444 e. The number of amides is 1. The molecule has 0 aromatic heterocycles. The summed E-state index contributed by atoms with van der Waals surface area (Å²) in [5, 5.41) is 3.07. The number of nitrogens with one attached hydrogen (secondary N) is 1. The number of hydrogen-bond acceptors (Lipinski definition) is 9. The van der Waals surface area contributed by atoms with Crippen LogP contribution in [0.4, 0.5) is 4.79 Å². The third-order valence-corrected chi connectivity index (χ3v) is 8.71. The number of hydrogen-bond donors (Lipinski definition) is 1. The second-order valence-corrected chi connectivity index (χ2v) is 13.8. The van der Waals surface area contributed by atoms with Crippen molar-refractivity contribution < 1.29 is 34.7 Å². The van der Waals surface area contributed by atoms with Crippen molar-refractivity contribution in [1.82, 2.24) is 10.2 Å². The Hall–Kier alpha value is -2.51. The van der Waals surface area contributed by atoms with E-state index in [4.69, 9.17) is 13.1 Å². The highest BCUT2D eigenvalue weighted by Gasteiger charge is 2.33. The van der Waals surface area contributed by atoms with E-state index in [9.17, 15) is 21.6 Å². The van der Waals surface area contributed by atoms with Crippen molar-refractivity contribution in [2.24, 2.45) is 0 Å². The van der Waals surface area contributed by atoms with Crippen LogP contribution >= 0.6 is 0 Å². The van der Waals surface area contributed by atoms with Crippen LogP contribution in [0.1, 0.15) is 44.7 Å². The quantitative estimate of drug-likeness (QED) is 0.506. The molecule has 10 nitrogen and oxygen atoms in total. The second kappa shape index (κ2) is 12.8. The SMILES string of the molecule is Cc1ccc(S(=O)(=O)OC2CCN(C(=O)OC(C)(C)C)C2)cc1.Cc1ccc(S(=O)(=O)OC2CCNC2)cc1. The standard InChI is InChI=1S/C16H23NO5S.C11H15NO3S/c1-12-5-7-14(8-6-12)23(19,20)22-13-9-10-17(11-13)15(18)21-16(2,3)4;1-9-2-4-11(5-3-9)16(13,14)15-10-6-7-12-8-10/h5-8,13H,9-11H2,1-4H3;2-5,10,12H,6-8H2,1H3. The van der Waals surface area contributed by atoms with Crippen molar-refractivity contribution in [3.8, 4) is 0 Å². The summed E-state index contributed by atoms with van der Waals surface area (Å²) >= 11 is 0. The number of benzene rings is 2. The summed E-state index contributed by atoms with van der Waals surface area (Å²) in [6.45, 7) is 11.2. The molecule has 2 aromatic carbocycles. The Balaban J connectivity index is 0.000000230. The lowest BCUT2D eigenvalue weighted by Gasteiger charge is -2.24. The number of nitrogens with zero attached hydrogens (tertiary/aromatic N) is 1. The molecule has 1 amide bonds. The normalized spacial score (nSPS) is 19.9. The summed E-state index contributed by atoms with van der Waals surface area (Å²) in [4.78, 5) is 13.8. The molecular formula is C27H38N2O8S2. The summed E-state index contributed by atoms with van der Waals surface area (Å²) in [5.74, 6) is 0. The van der Waals surface area contributed by atoms with Crippen LogP contribution in [0.2, 0.25) is 0 Å². The highest BCUT2D eigenvalue weighted by Crippen LogP contribution is 2.22. The van der Waals surface area contributed by atoms with E-state index in [-0.39, 0.29) is 22.4 Å². The van der Waals surface area contributed by atoms with Crippen LogP contribution in [0.3, 0.4) is 0 Å². The molecule has 0 spiro atoms. The van der Waals surface area contributed by atoms with Gasteiger partial charge in [-0.1, -0.05) is 35.4 Å². The first kappa shape index (κ1) is 31.0. The molecule has 2 aliphatic rings. The Morgan fingerprint density at radius 3 is 1.74 bits per heavy atom. The van der Waals surface area contributed by atoms with Gasteiger partial charge in [-0.05, 0) is 78.3 Å². The van der Waals surface area contributed by atoms with E-state index < -0.39 is 38.0 Å². The minimum absolute atomic E-state index is 0.124. The minimum atomic E-state index is -3.82. The highest BCUT2D eigenvalue weighted by atomic mass is 32.2. The van der Waals surface area contributed by atoms with Crippen molar-refractivity contribution in [3.63, 3.8) is 0 Å². The van der Waals surface area contributed by atoms with Gasteiger partial charge in [-0.25, -0.2) is 4.79 Å². The van der Waals surface area contributed by atoms with Gasteiger partial charge in [-0.2, -0.15) is 16.8 Å². The smallest absolute Gasteiger partial charge is 0.410 e. The van der Waals surface area contributed by atoms with Gasteiger partial charge in [0.25, 0.3) is 20.2 Å². The maximum Gasteiger partial charge on any atom is 0.410 e. The van der Waals surface area contributed by atoms with Crippen LogP contribution in [0.5, 0.6) is 0 Å². The van der Waals surface area contributed by atoms with E-state index in [0.29, 0.717) is 19.5 Å². The number of carbonyl (C=O) groups is 1. The molecule has 0 radical (unpaired) electrons. The minimum Gasteiger partial charge on any atom is -0.444 e. The van der Waals surface area contributed by atoms with Gasteiger partial charge in [-0.15, -0.1) is 0 Å². The lowest BCUT2D eigenvalue weighted by Crippen LogP contribution is -2.36. The van der Waals surface area contributed by atoms with Crippen molar-refractivity contribution in [2.75, 3.05) is 26.2 Å². The van der Waals surface area contributed by atoms with Gasteiger partial charge in [0.2, 0.25) is 0 Å². The molecule has 2 aromatic rings. The lowest BCUT2D eigenvalue weighted by molar-refractivity contribution is 0.0276. The third-order valence-electron chi connectivity index (χ3n) is 5.96. The fraction of sp³-hybridized carbons (Fsp3) is 0.519. The number of ether oxygens (including phenoxy) is 1. The van der Waals surface area contributed by atoms with E-state index >= 15 is 0 Å². The molecule has 2 fully saturated rings. The topological polar surface area (TPSA) is 128 Å². The molecule has 2 heterocycles. The molecule has 2 saturated heterocycles. The van der Waals surface area contributed by atoms with Gasteiger partial charge in [0, 0.05) is 13.1 Å². The van der Waals surface area contributed by atoms with Crippen LogP contribution in [0, 0.1) is 13.8 Å². The predicted octanol–water partition coefficient (Wildman–Crippen LogP) is 3.77. The summed E-state index contributed by atoms with van der Waals surface area (Å²) in [6, 6.07) is 13.2. The fourth-order valence-corrected chi connectivity index (χ4v) is 6.09. The Morgan fingerprint density at radius 1 is 0.821 bits per heavy atom. The van der Waals surface area contributed by atoms with Gasteiger partial charge < -0.3 is 15.0 Å². The maximum atomic E-state index is 12.2. The van der Waals surface area contributed by atoms with Gasteiger partial charge in [0.1, 0.15) is 5.60 Å². The van der Waals surface area contributed by atoms with Crippen LogP contribution in [-0.2, 0) is 33.3 Å². The first-order valence-corrected chi connectivity index (χ1v) is 15.6. The van der Waals surface area contributed by atoms with Crippen molar-refractivity contribution >= 4 is 26.3 Å². The van der Waals surface area contributed by atoms with Crippen LogP contribution in [-0.4, -0.2) is 71.8 Å². The van der Waals surface area contributed by atoms with Gasteiger partial charge in [-0.3, -0.25) is 8.37 Å². The first-order chi connectivity index (χ1) is 18.1. The Morgan fingerprint density at radius 2 is 1.31 bits per heavy atom. The summed E-state index contributed by atoms with van der Waals surface area (Å²) in [6.07, 6.45) is -0.0217. The molecule has 2 unspecified atom stereocenters. The van der Waals surface area contributed by atoms with E-state index in [1.807, 2.05) is 13.8 Å². The molecule has 12 heteroatoms. The Kier molecular flexibility index (Phi) is 10.2. The van der Waals surface area contributed by atoms with E-state index in [1.165, 1.54) is 17.0 Å². The molecule has 0 aliphatic carbocycles. The molecule has 0 bridgehead atoms. The van der Waals surface area contributed by atoms with Crippen LogP contribution in [0.15, 0.2) is 58.3 Å². The van der Waals surface area contributed by atoms with Gasteiger partial charge in [0.05, 0.1) is 28.5 Å². The van der Waals surface area contributed by atoms with Crippen molar-refractivity contribution in [3.05, 3.63) is 59.7 Å². The zero-order chi connectivity index (χ0) is 28.8. The zero-order valence-corrected chi connectivity index (χ0v) is 24.7. The Labute approximate surface area is 231 Å². The number of carbonyl (C=O) groups excluding carboxylic acids is 1. The maximum absolute atomic E-state index is 12.2. The summed E-state index contributed by atoms with van der Waals surface area (Å²) in [5.41, 5.74) is 1.42. The van der Waals surface area contributed by atoms with E-state index in [2.05, 4.69) is 5.32 Å². The Bertz CT molecular complexity index is 1310. The summed E-state index contributed by atoms with van der Waals surface area (Å²) < 4.78 is 63.9. The van der Waals surface area contributed by atoms with E-state index in [0.717, 1.165) is 24.1 Å². The van der Waals surface area contributed by atoms with E-state index in [1.54, 1.807) is 57.2 Å². The van der Waals surface area contributed by atoms with Gasteiger partial charge >= 0.3 is 6.09 Å². The fourth-order valence-electron chi connectivity index (χ4n) is 3.89.